The number of aryl methyl sites for hydroxylation is 1. The number of hydrogen-bond donors (Lipinski definition) is 3. The second-order valence-electron chi connectivity index (χ2n) is 8.31. The van der Waals surface area contributed by atoms with Crippen molar-refractivity contribution in [3.05, 3.63) is 69.8 Å². The van der Waals surface area contributed by atoms with E-state index in [0.717, 1.165) is 24.2 Å². The highest BCUT2D eigenvalue weighted by Crippen LogP contribution is 2.26. The molecule has 0 aromatic heterocycles. The number of quaternary nitrogens is 2. The van der Waals surface area contributed by atoms with Gasteiger partial charge in [-0.15, -0.1) is 0 Å². The normalized spacial score (nSPS) is 12.4. The van der Waals surface area contributed by atoms with Crippen LogP contribution in [0, 0.1) is 17.0 Å². The summed E-state index contributed by atoms with van der Waals surface area (Å²) in [6.45, 7) is 12.3. The van der Waals surface area contributed by atoms with Gasteiger partial charge in [-0.05, 0) is 46.2 Å². The lowest BCUT2D eigenvalue weighted by Crippen LogP contribution is -3.19. The van der Waals surface area contributed by atoms with Gasteiger partial charge < -0.3 is 15.5 Å². The molecule has 0 saturated carbocycles. The van der Waals surface area contributed by atoms with Crippen molar-refractivity contribution in [2.24, 2.45) is 0 Å². The van der Waals surface area contributed by atoms with Crippen LogP contribution < -0.4 is 15.5 Å². The predicted octanol–water partition coefficient (Wildman–Crippen LogP) is 1.85. The largest absolute Gasteiger partial charge is 0.328 e. The second kappa shape index (κ2) is 10.8. The Morgan fingerprint density at radius 1 is 1.10 bits per heavy atom. The Morgan fingerprint density at radius 2 is 1.73 bits per heavy atom. The van der Waals surface area contributed by atoms with E-state index in [4.69, 9.17) is 0 Å². The summed E-state index contributed by atoms with van der Waals surface area (Å²) in [5.41, 5.74) is 1.78. The smallest absolute Gasteiger partial charge is 0.293 e. The molecule has 2 rings (SSSR count). The molecule has 0 aliphatic heterocycles. The lowest BCUT2D eigenvalue weighted by Gasteiger charge is -2.27. The first-order valence-corrected chi connectivity index (χ1v) is 10.5. The summed E-state index contributed by atoms with van der Waals surface area (Å²) >= 11 is 0. The molecule has 4 N–H and O–H groups in total. The lowest BCUT2D eigenvalue weighted by atomic mass is 10.1. The minimum absolute atomic E-state index is 0.0922. The number of nitro benzene ring substituents is 1. The molecule has 0 heterocycles. The van der Waals surface area contributed by atoms with Crippen molar-refractivity contribution < 1.29 is 19.9 Å². The van der Waals surface area contributed by atoms with Crippen molar-refractivity contribution >= 4 is 17.3 Å². The van der Waals surface area contributed by atoms with E-state index in [1.165, 1.54) is 11.0 Å². The maximum atomic E-state index is 13.1. The first kappa shape index (κ1) is 23.5. The van der Waals surface area contributed by atoms with Crippen LogP contribution in [0.1, 0.15) is 44.9 Å². The maximum Gasteiger partial charge on any atom is 0.293 e. The van der Waals surface area contributed by atoms with Crippen LogP contribution >= 0.6 is 0 Å². The van der Waals surface area contributed by atoms with Gasteiger partial charge in [-0.25, -0.2) is 0 Å². The molecule has 162 valence electrons. The Kier molecular flexibility index (Phi) is 8.50. The van der Waals surface area contributed by atoms with Crippen LogP contribution in [0.2, 0.25) is 0 Å². The van der Waals surface area contributed by atoms with E-state index in [9.17, 15) is 14.9 Å². The first-order valence-electron chi connectivity index (χ1n) is 10.5. The molecule has 0 aliphatic rings. The quantitative estimate of drug-likeness (QED) is 0.409. The van der Waals surface area contributed by atoms with Gasteiger partial charge in [-0.1, -0.05) is 36.4 Å². The Bertz CT molecular complexity index is 845. The zero-order valence-corrected chi connectivity index (χ0v) is 18.5. The van der Waals surface area contributed by atoms with Gasteiger partial charge in [0, 0.05) is 11.6 Å². The third kappa shape index (κ3) is 6.37. The van der Waals surface area contributed by atoms with E-state index < -0.39 is 11.0 Å². The van der Waals surface area contributed by atoms with Crippen molar-refractivity contribution in [3.63, 3.8) is 0 Å². The summed E-state index contributed by atoms with van der Waals surface area (Å²) in [7, 11) is 0. The molecule has 2 aromatic carbocycles. The van der Waals surface area contributed by atoms with Crippen molar-refractivity contribution in [3.8, 4) is 0 Å². The highest BCUT2D eigenvalue weighted by molar-refractivity contribution is 5.96. The Labute approximate surface area is 178 Å². The number of carbonyl (C=O) groups excluding carboxylic acids is 1. The van der Waals surface area contributed by atoms with Crippen LogP contribution in [0.5, 0.6) is 0 Å². The molecule has 1 amide bonds. The Hall–Kier alpha value is -2.77. The fourth-order valence-electron chi connectivity index (χ4n) is 3.82. The molecule has 2 aromatic rings. The standard InChI is InChI=1S/C23H32N4O3/c1-16(2)26(17(3)4)14-13-24-22(19-9-7-6-8-10-19)23(28)25-20-12-11-18(5)15-21(20)27(29)30/h6-12,15-17,22,24H,13-14H2,1-5H3,(H,25,28)/p+2/t22-/m1/s1. The number of amides is 1. The van der Waals surface area contributed by atoms with Crippen LogP contribution in [0.3, 0.4) is 0 Å². The van der Waals surface area contributed by atoms with E-state index in [1.807, 2.05) is 35.6 Å². The zero-order chi connectivity index (χ0) is 22.3. The van der Waals surface area contributed by atoms with E-state index in [-0.39, 0.29) is 17.3 Å². The summed E-state index contributed by atoms with van der Waals surface area (Å²) in [5.74, 6) is -0.260. The number of nitrogens with one attached hydrogen (secondary N) is 2. The average Bonchev–Trinajstić information content (AvgIpc) is 2.69. The van der Waals surface area contributed by atoms with Gasteiger partial charge in [0.25, 0.3) is 11.6 Å². The highest BCUT2D eigenvalue weighted by Gasteiger charge is 2.27. The Morgan fingerprint density at radius 3 is 2.30 bits per heavy atom. The summed E-state index contributed by atoms with van der Waals surface area (Å²) in [6.07, 6.45) is 0. The molecule has 1 atom stereocenters. The number of rotatable bonds is 10. The van der Waals surface area contributed by atoms with Gasteiger partial charge in [0.1, 0.15) is 18.8 Å². The third-order valence-corrected chi connectivity index (χ3v) is 5.37. The van der Waals surface area contributed by atoms with E-state index in [2.05, 4.69) is 33.0 Å². The molecule has 0 aliphatic carbocycles. The van der Waals surface area contributed by atoms with Gasteiger partial charge in [0.05, 0.1) is 17.0 Å². The number of benzene rings is 2. The van der Waals surface area contributed by atoms with Gasteiger partial charge in [-0.2, -0.15) is 0 Å². The van der Waals surface area contributed by atoms with Crippen LogP contribution in [-0.2, 0) is 4.79 Å². The minimum atomic E-state index is -0.479. The summed E-state index contributed by atoms with van der Waals surface area (Å²) in [4.78, 5) is 25.6. The molecule has 0 saturated heterocycles. The molecule has 0 fully saturated rings. The molecular weight excluding hydrogens is 380 g/mol. The number of nitrogens with two attached hydrogens (primary N) is 1. The van der Waals surface area contributed by atoms with E-state index in [0.29, 0.717) is 12.1 Å². The maximum absolute atomic E-state index is 13.1. The van der Waals surface area contributed by atoms with E-state index >= 15 is 0 Å². The third-order valence-electron chi connectivity index (χ3n) is 5.37. The summed E-state index contributed by atoms with van der Waals surface area (Å²) in [5, 5.41) is 16.2. The number of anilines is 1. The molecule has 0 bridgehead atoms. The number of nitro groups is 1. The van der Waals surface area contributed by atoms with Crippen LogP contribution in [0.4, 0.5) is 11.4 Å². The molecule has 0 unspecified atom stereocenters. The van der Waals surface area contributed by atoms with Crippen LogP contribution in [-0.4, -0.2) is 36.0 Å². The van der Waals surface area contributed by atoms with Gasteiger partial charge in [0.2, 0.25) is 0 Å². The van der Waals surface area contributed by atoms with Gasteiger partial charge >= 0.3 is 0 Å². The van der Waals surface area contributed by atoms with Crippen LogP contribution in [0.15, 0.2) is 48.5 Å². The molecule has 7 heteroatoms. The SMILES string of the molecule is Cc1ccc(NC(=O)[C@H]([NH2+]CC[NH+](C(C)C)C(C)C)c2ccccc2)c([N+](=O)[O-])c1. The topological polar surface area (TPSA) is 93.3 Å². The van der Waals surface area contributed by atoms with Crippen molar-refractivity contribution in [1.82, 2.24) is 0 Å². The fourth-order valence-corrected chi connectivity index (χ4v) is 3.82. The van der Waals surface area contributed by atoms with Crippen molar-refractivity contribution in [2.75, 3.05) is 18.4 Å². The van der Waals surface area contributed by atoms with Crippen LogP contribution in [0.25, 0.3) is 0 Å². The van der Waals surface area contributed by atoms with Gasteiger partial charge in [0.15, 0.2) is 6.04 Å². The minimum Gasteiger partial charge on any atom is -0.328 e. The average molecular weight is 415 g/mol. The van der Waals surface area contributed by atoms with E-state index in [1.54, 1.807) is 19.1 Å². The second-order valence-corrected chi connectivity index (χ2v) is 8.31. The van der Waals surface area contributed by atoms with Gasteiger partial charge in [-0.3, -0.25) is 14.9 Å². The van der Waals surface area contributed by atoms with Crippen molar-refractivity contribution in [2.45, 2.75) is 52.7 Å². The summed E-state index contributed by atoms with van der Waals surface area (Å²) < 4.78 is 0. The predicted molar refractivity (Wildman–Crippen MR) is 119 cm³/mol. The lowest BCUT2D eigenvalue weighted by molar-refractivity contribution is -0.952. The molecule has 0 spiro atoms. The zero-order valence-electron chi connectivity index (χ0n) is 18.5. The molecular formula is C23H34N4O3+2. The first-order chi connectivity index (χ1) is 14.2. The fraction of sp³-hybridized carbons (Fsp3) is 0.435. The number of nitrogens with zero attached hydrogens (tertiary/aromatic N) is 1. The molecule has 7 nitrogen and oxygen atoms in total. The highest BCUT2D eigenvalue weighted by atomic mass is 16.6. The number of hydrogen-bond acceptors (Lipinski definition) is 3. The molecule has 30 heavy (non-hydrogen) atoms. The Balaban J connectivity index is 2.20. The summed E-state index contributed by atoms with van der Waals surface area (Å²) in [6, 6.07) is 14.9. The monoisotopic (exact) mass is 414 g/mol. The van der Waals surface area contributed by atoms with Crippen molar-refractivity contribution in [1.29, 1.82) is 0 Å². The number of carbonyl (C=O) groups is 1. The molecule has 0 radical (unpaired) electrons.